The second-order valence-corrected chi connectivity index (χ2v) is 7.52. The lowest BCUT2D eigenvalue weighted by Gasteiger charge is -2.24. The summed E-state index contributed by atoms with van der Waals surface area (Å²) in [4.78, 5) is 2.29. The van der Waals surface area contributed by atoms with Crippen molar-refractivity contribution in [3.8, 4) is 22.9 Å². The highest BCUT2D eigenvalue weighted by atomic mass is 79.9. The Morgan fingerprint density at radius 1 is 1.22 bits per heavy atom. The fourth-order valence-corrected chi connectivity index (χ4v) is 3.88. The molecule has 4 rings (SSSR count). The van der Waals surface area contributed by atoms with Crippen LogP contribution in [0.1, 0.15) is 25.5 Å². The lowest BCUT2D eigenvalue weighted by molar-refractivity contribution is 0.416. The van der Waals surface area contributed by atoms with Gasteiger partial charge in [-0.05, 0) is 55.7 Å². The molecule has 0 atom stereocenters. The van der Waals surface area contributed by atoms with Crippen LogP contribution in [0.2, 0.25) is 0 Å². The maximum absolute atomic E-state index is 9.56. The number of aromatic nitrogens is 2. The molecule has 1 heterocycles. The Kier molecular flexibility index (Phi) is 4.71. The molecule has 27 heavy (non-hydrogen) atoms. The first kappa shape index (κ1) is 17.7. The van der Waals surface area contributed by atoms with Gasteiger partial charge in [-0.25, -0.2) is 0 Å². The van der Waals surface area contributed by atoms with E-state index in [0.717, 1.165) is 57.3 Å². The molecule has 3 aromatic rings. The molecule has 0 N–H and O–H groups in total. The molecule has 1 saturated carbocycles. The van der Waals surface area contributed by atoms with E-state index in [1.807, 2.05) is 30.3 Å². The molecule has 2 aromatic carbocycles. The van der Waals surface area contributed by atoms with Gasteiger partial charge in [0.25, 0.3) is 0 Å². The zero-order valence-corrected chi connectivity index (χ0v) is 16.8. The van der Waals surface area contributed by atoms with Crippen molar-refractivity contribution in [1.29, 1.82) is 5.26 Å². The van der Waals surface area contributed by atoms with Crippen molar-refractivity contribution in [2.45, 2.75) is 25.8 Å². The Labute approximate surface area is 166 Å². The van der Waals surface area contributed by atoms with E-state index in [1.54, 1.807) is 7.11 Å². The molecule has 0 radical (unpaired) electrons. The number of benzene rings is 2. The van der Waals surface area contributed by atoms with Crippen molar-refractivity contribution in [3.63, 3.8) is 0 Å². The fraction of sp³-hybridized carbons (Fsp3) is 0.286. The van der Waals surface area contributed by atoms with Crippen LogP contribution in [-0.2, 0) is 0 Å². The van der Waals surface area contributed by atoms with Crippen LogP contribution < -0.4 is 9.64 Å². The van der Waals surface area contributed by atoms with E-state index < -0.39 is 0 Å². The van der Waals surface area contributed by atoms with E-state index >= 15 is 0 Å². The van der Waals surface area contributed by atoms with Crippen molar-refractivity contribution >= 4 is 32.5 Å². The summed E-state index contributed by atoms with van der Waals surface area (Å²) >= 11 is 3.53. The van der Waals surface area contributed by atoms with Crippen LogP contribution in [0.5, 0.6) is 5.75 Å². The number of nitrogens with zero attached hydrogens (tertiary/aromatic N) is 4. The van der Waals surface area contributed by atoms with Crippen LogP contribution in [0.3, 0.4) is 0 Å². The summed E-state index contributed by atoms with van der Waals surface area (Å²) in [5, 5.41) is 19.0. The maximum Gasteiger partial charge on any atom is 0.187 e. The van der Waals surface area contributed by atoms with Crippen molar-refractivity contribution in [2.24, 2.45) is 0 Å². The summed E-state index contributed by atoms with van der Waals surface area (Å²) in [5.41, 5.74) is 4.06. The van der Waals surface area contributed by atoms with Gasteiger partial charge in [-0.15, -0.1) is 10.2 Å². The van der Waals surface area contributed by atoms with Gasteiger partial charge in [0.2, 0.25) is 0 Å². The largest absolute Gasteiger partial charge is 0.496 e. The minimum absolute atomic E-state index is 0.393. The number of methoxy groups -OCH3 is 1. The van der Waals surface area contributed by atoms with E-state index in [2.05, 4.69) is 50.1 Å². The van der Waals surface area contributed by atoms with Crippen LogP contribution in [0, 0.1) is 11.3 Å². The molecule has 0 spiro atoms. The van der Waals surface area contributed by atoms with Crippen molar-refractivity contribution < 1.29 is 4.74 Å². The molecule has 0 aliphatic heterocycles. The van der Waals surface area contributed by atoms with Crippen molar-refractivity contribution in [3.05, 3.63) is 46.6 Å². The van der Waals surface area contributed by atoms with Gasteiger partial charge in [-0.1, -0.05) is 22.0 Å². The van der Waals surface area contributed by atoms with Gasteiger partial charge >= 0.3 is 0 Å². The normalized spacial score (nSPS) is 13.4. The van der Waals surface area contributed by atoms with Crippen LogP contribution in [-0.4, -0.2) is 29.9 Å². The summed E-state index contributed by atoms with van der Waals surface area (Å²) in [6, 6.07) is 14.7. The third-order valence-electron chi connectivity index (χ3n) is 4.93. The molecule has 0 amide bonds. The Morgan fingerprint density at radius 2 is 2.04 bits per heavy atom. The van der Waals surface area contributed by atoms with Gasteiger partial charge < -0.3 is 9.64 Å². The quantitative estimate of drug-likeness (QED) is 0.583. The average molecular weight is 423 g/mol. The van der Waals surface area contributed by atoms with Crippen LogP contribution in [0.25, 0.3) is 22.0 Å². The Balaban J connectivity index is 1.90. The van der Waals surface area contributed by atoms with Crippen molar-refractivity contribution in [1.82, 2.24) is 10.2 Å². The predicted molar refractivity (Wildman–Crippen MR) is 110 cm³/mol. The molecule has 136 valence electrons. The highest BCUT2D eigenvalue weighted by Gasteiger charge is 2.31. The third-order valence-corrected chi connectivity index (χ3v) is 5.42. The van der Waals surface area contributed by atoms with Crippen LogP contribution in [0.15, 0.2) is 40.9 Å². The number of fused-ring (bicyclic) bond motifs is 1. The van der Waals surface area contributed by atoms with E-state index in [-0.39, 0.29) is 0 Å². The van der Waals surface area contributed by atoms with Gasteiger partial charge in [0.05, 0.1) is 18.3 Å². The van der Waals surface area contributed by atoms with E-state index in [0.29, 0.717) is 11.7 Å². The second kappa shape index (κ2) is 7.16. The number of anilines is 1. The minimum Gasteiger partial charge on any atom is -0.496 e. The van der Waals surface area contributed by atoms with Gasteiger partial charge in [0, 0.05) is 28.0 Å². The third kappa shape index (κ3) is 3.24. The van der Waals surface area contributed by atoms with Gasteiger partial charge in [-0.3, -0.25) is 0 Å². The molecule has 1 aromatic heterocycles. The zero-order chi connectivity index (χ0) is 19.0. The Morgan fingerprint density at radius 3 is 2.70 bits per heavy atom. The molecule has 0 bridgehead atoms. The highest BCUT2D eigenvalue weighted by Crippen LogP contribution is 2.39. The smallest absolute Gasteiger partial charge is 0.187 e. The molecule has 1 aliphatic carbocycles. The molecule has 0 saturated heterocycles. The molecule has 1 fully saturated rings. The first-order chi connectivity index (χ1) is 13.2. The molecular formula is C21H19BrN4O. The van der Waals surface area contributed by atoms with E-state index in [1.165, 1.54) is 0 Å². The predicted octanol–water partition coefficient (Wildman–Crippen LogP) is 4.93. The summed E-state index contributed by atoms with van der Waals surface area (Å²) in [7, 11) is 1.67. The Bertz CT molecular complexity index is 1060. The topological polar surface area (TPSA) is 62.0 Å². The number of nitriles is 1. The van der Waals surface area contributed by atoms with E-state index in [4.69, 9.17) is 4.74 Å². The molecule has 0 unspecified atom stereocenters. The van der Waals surface area contributed by atoms with Crippen molar-refractivity contribution in [2.75, 3.05) is 18.6 Å². The zero-order valence-electron chi connectivity index (χ0n) is 15.2. The lowest BCUT2D eigenvalue weighted by atomic mass is 10.0. The lowest BCUT2D eigenvalue weighted by Crippen LogP contribution is -2.26. The van der Waals surface area contributed by atoms with E-state index in [9.17, 15) is 5.26 Å². The first-order valence-corrected chi connectivity index (χ1v) is 9.76. The maximum atomic E-state index is 9.56. The van der Waals surface area contributed by atoms with Crippen LogP contribution in [0.4, 0.5) is 5.69 Å². The van der Waals surface area contributed by atoms with Gasteiger partial charge in [0.15, 0.2) is 5.69 Å². The summed E-state index contributed by atoms with van der Waals surface area (Å²) in [6.45, 7) is 2.97. The molecule has 5 nitrogen and oxygen atoms in total. The molecule has 6 heteroatoms. The number of rotatable bonds is 5. The Hall–Kier alpha value is -2.65. The number of ether oxygens (including phenoxy) is 1. The summed E-state index contributed by atoms with van der Waals surface area (Å²) in [6.07, 6.45) is 2.33. The fourth-order valence-electron chi connectivity index (χ4n) is 3.52. The second-order valence-electron chi connectivity index (χ2n) is 6.60. The SMILES string of the molecule is CCN(c1c(C#N)nnc2cc(-c3cc(Br)ccc3OC)ccc12)C1CC1. The standard InChI is InChI=1S/C21H19BrN4O/c1-3-26(15-6-7-15)21-16-8-4-13(10-18(16)24-25-19(21)12-23)17-11-14(22)5-9-20(17)27-2/h4-5,8-11,15H,3,6-7H2,1-2H3. The first-order valence-electron chi connectivity index (χ1n) is 8.97. The van der Waals surface area contributed by atoms with Gasteiger partial charge in [-0.2, -0.15) is 5.26 Å². The van der Waals surface area contributed by atoms with Crippen LogP contribution >= 0.6 is 15.9 Å². The number of hydrogen-bond donors (Lipinski definition) is 0. The number of halogens is 1. The average Bonchev–Trinajstić information content (AvgIpc) is 3.53. The monoisotopic (exact) mass is 422 g/mol. The summed E-state index contributed by atoms with van der Waals surface area (Å²) < 4.78 is 6.50. The number of hydrogen-bond acceptors (Lipinski definition) is 5. The highest BCUT2D eigenvalue weighted by molar-refractivity contribution is 9.10. The minimum atomic E-state index is 0.393. The molecule has 1 aliphatic rings. The van der Waals surface area contributed by atoms with Gasteiger partial charge in [0.1, 0.15) is 11.8 Å². The summed E-state index contributed by atoms with van der Waals surface area (Å²) in [5.74, 6) is 0.799. The molecular weight excluding hydrogens is 404 g/mol.